The van der Waals surface area contributed by atoms with Gasteiger partial charge >= 0.3 is 0 Å². The van der Waals surface area contributed by atoms with Crippen molar-refractivity contribution in [2.75, 3.05) is 25.0 Å². The molecule has 0 aliphatic carbocycles. The number of hydrogen-bond acceptors (Lipinski definition) is 8. The number of hydrogen-bond donors (Lipinski definition) is 1. The highest BCUT2D eigenvalue weighted by atomic mass is 32.1. The molecule has 0 bridgehead atoms. The quantitative estimate of drug-likeness (QED) is 0.639. The molecular formula is C23H27N5O2S. The van der Waals surface area contributed by atoms with Gasteiger partial charge in [-0.1, -0.05) is 23.5 Å². The van der Waals surface area contributed by atoms with Crippen LogP contribution in [0.2, 0.25) is 0 Å². The van der Waals surface area contributed by atoms with E-state index in [0.29, 0.717) is 6.61 Å². The van der Waals surface area contributed by atoms with Gasteiger partial charge in [-0.25, -0.2) is 0 Å². The smallest absolute Gasteiger partial charge is 0.209 e. The molecule has 1 fully saturated rings. The van der Waals surface area contributed by atoms with Crippen LogP contribution in [0.15, 0.2) is 35.8 Å². The number of rotatable bonds is 5. The second-order valence-electron chi connectivity index (χ2n) is 8.87. The number of fused-ring (bicyclic) bond motifs is 1. The Labute approximate surface area is 186 Å². The van der Waals surface area contributed by atoms with Crippen molar-refractivity contribution in [3.63, 3.8) is 0 Å². The summed E-state index contributed by atoms with van der Waals surface area (Å²) in [4.78, 5) is 7.19. The van der Waals surface area contributed by atoms with Crippen molar-refractivity contribution < 1.29 is 9.47 Å². The van der Waals surface area contributed by atoms with Gasteiger partial charge in [0.05, 0.1) is 12.3 Å². The molecule has 0 radical (unpaired) electrons. The van der Waals surface area contributed by atoms with Crippen molar-refractivity contribution in [2.45, 2.75) is 45.4 Å². The Morgan fingerprint density at radius 1 is 1.26 bits per heavy atom. The molecule has 0 spiro atoms. The van der Waals surface area contributed by atoms with Gasteiger partial charge in [0.1, 0.15) is 23.0 Å². The molecule has 1 saturated heterocycles. The fourth-order valence-corrected chi connectivity index (χ4v) is 4.79. The van der Waals surface area contributed by atoms with Crippen molar-refractivity contribution in [1.82, 2.24) is 20.1 Å². The highest BCUT2D eigenvalue weighted by Gasteiger charge is 2.30. The van der Waals surface area contributed by atoms with Gasteiger partial charge in [0.15, 0.2) is 0 Å². The summed E-state index contributed by atoms with van der Waals surface area (Å²) in [5.74, 6) is 1.02. The topological polar surface area (TPSA) is 72.4 Å². The molecule has 5 rings (SSSR count). The third-order valence-electron chi connectivity index (χ3n) is 5.60. The highest BCUT2D eigenvalue weighted by molar-refractivity contribution is 7.13. The van der Waals surface area contributed by atoms with E-state index < -0.39 is 0 Å². The number of benzene rings is 1. The summed E-state index contributed by atoms with van der Waals surface area (Å²) in [6, 6.07) is 10.7. The van der Waals surface area contributed by atoms with E-state index in [0.717, 1.165) is 54.0 Å². The fourth-order valence-electron chi connectivity index (χ4n) is 4.33. The molecule has 1 N–H and O–H groups in total. The molecule has 1 aromatic carbocycles. The molecule has 162 valence electrons. The molecule has 3 aromatic rings. The van der Waals surface area contributed by atoms with Gasteiger partial charge in [-0.3, -0.25) is 9.88 Å². The molecule has 8 heteroatoms. The average Bonchev–Trinajstić information content (AvgIpc) is 3.33. The van der Waals surface area contributed by atoms with Crippen LogP contribution in [-0.4, -0.2) is 45.4 Å². The van der Waals surface area contributed by atoms with Crippen LogP contribution < -0.4 is 10.1 Å². The first kappa shape index (κ1) is 20.4. The lowest BCUT2D eigenvalue weighted by molar-refractivity contribution is -0.0350. The van der Waals surface area contributed by atoms with E-state index in [1.165, 1.54) is 22.5 Å². The number of nitrogens with one attached hydrogen (secondary N) is 1. The fraction of sp³-hybridized carbons (Fsp3) is 0.435. The van der Waals surface area contributed by atoms with Crippen LogP contribution in [0.25, 0.3) is 0 Å². The van der Waals surface area contributed by atoms with Gasteiger partial charge < -0.3 is 14.8 Å². The Morgan fingerprint density at radius 2 is 2.16 bits per heavy atom. The van der Waals surface area contributed by atoms with Crippen LogP contribution in [0.3, 0.4) is 0 Å². The van der Waals surface area contributed by atoms with Crippen molar-refractivity contribution in [3.8, 4) is 5.75 Å². The first-order valence-electron chi connectivity index (χ1n) is 10.6. The Morgan fingerprint density at radius 3 is 3.00 bits per heavy atom. The standard InChI is InChI=1S/C23H27N5O2S/c1-15-8-18(26-22-27-24-14-31-22)10-19(25-15)21-13-28(6-7-29-21)12-16-4-5-20-17(9-16)11-23(2,3)30-20/h4-5,8-10,14,21H,6-7,11-13H2,1-3H3,(H,25,26,27)/t21-/m0/s1. The Balaban J connectivity index is 1.28. The predicted octanol–water partition coefficient (Wildman–Crippen LogP) is 4.27. The van der Waals surface area contributed by atoms with Gasteiger partial charge in [-0.05, 0) is 50.1 Å². The third-order valence-corrected chi connectivity index (χ3v) is 6.21. The zero-order chi connectivity index (χ0) is 21.4. The molecule has 31 heavy (non-hydrogen) atoms. The molecule has 7 nitrogen and oxygen atoms in total. The minimum atomic E-state index is -0.109. The summed E-state index contributed by atoms with van der Waals surface area (Å²) >= 11 is 1.47. The van der Waals surface area contributed by atoms with E-state index in [9.17, 15) is 0 Å². The SMILES string of the molecule is Cc1cc(Nc2nncs2)cc([C@@H]2CN(Cc3ccc4c(c3)CC(C)(C)O4)CCO2)n1. The number of aryl methyl sites for hydroxylation is 1. The Bertz CT molecular complexity index is 1070. The minimum absolute atomic E-state index is 0.0553. The monoisotopic (exact) mass is 437 g/mol. The van der Waals surface area contributed by atoms with Gasteiger partial charge in [0.25, 0.3) is 0 Å². The van der Waals surface area contributed by atoms with Crippen molar-refractivity contribution in [2.24, 2.45) is 0 Å². The molecule has 0 saturated carbocycles. The van der Waals surface area contributed by atoms with Crippen LogP contribution in [0, 0.1) is 6.92 Å². The summed E-state index contributed by atoms with van der Waals surface area (Å²) in [5.41, 5.74) is 7.08. The van der Waals surface area contributed by atoms with Crippen LogP contribution in [-0.2, 0) is 17.7 Å². The van der Waals surface area contributed by atoms with Crippen LogP contribution in [0.1, 0.15) is 42.5 Å². The Hall–Kier alpha value is -2.55. The summed E-state index contributed by atoms with van der Waals surface area (Å²) in [5, 5.41) is 12.0. The molecule has 2 aromatic heterocycles. The van der Waals surface area contributed by atoms with Gasteiger partial charge in [-0.15, -0.1) is 10.2 Å². The third kappa shape index (κ3) is 4.71. The Kier molecular flexibility index (Phi) is 5.37. The lowest BCUT2D eigenvalue weighted by Gasteiger charge is -2.33. The number of pyridine rings is 1. The lowest BCUT2D eigenvalue weighted by Crippen LogP contribution is -2.38. The van der Waals surface area contributed by atoms with Crippen LogP contribution in [0.4, 0.5) is 10.8 Å². The van der Waals surface area contributed by atoms with Crippen molar-refractivity contribution in [3.05, 3.63) is 58.4 Å². The second-order valence-corrected chi connectivity index (χ2v) is 9.70. The van der Waals surface area contributed by atoms with E-state index in [1.807, 2.05) is 13.0 Å². The van der Waals surface area contributed by atoms with E-state index >= 15 is 0 Å². The molecule has 1 atom stereocenters. The van der Waals surface area contributed by atoms with Gasteiger partial charge in [0, 0.05) is 37.4 Å². The number of morpholine rings is 1. The van der Waals surface area contributed by atoms with Gasteiger partial charge in [0.2, 0.25) is 5.13 Å². The molecular weight excluding hydrogens is 410 g/mol. The normalized spacial score (nSPS) is 20.3. The predicted molar refractivity (Wildman–Crippen MR) is 121 cm³/mol. The second kappa shape index (κ2) is 8.18. The largest absolute Gasteiger partial charge is 0.487 e. The van der Waals surface area contributed by atoms with E-state index in [-0.39, 0.29) is 11.7 Å². The maximum absolute atomic E-state index is 6.10. The minimum Gasteiger partial charge on any atom is -0.487 e. The summed E-state index contributed by atoms with van der Waals surface area (Å²) in [6.07, 6.45) is 0.903. The number of ether oxygens (including phenoxy) is 2. The zero-order valence-electron chi connectivity index (χ0n) is 18.1. The van der Waals surface area contributed by atoms with E-state index in [1.54, 1.807) is 5.51 Å². The molecule has 4 heterocycles. The van der Waals surface area contributed by atoms with Crippen LogP contribution in [0.5, 0.6) is 5.75 Å². The maximum atomic E-state index is 6.10. The first-order chi connectivity index (χ1) is 14.9. The van der Waals surface area contributed by atoms with E-state index in [2.05, 4.69) is 58.5 Å². The summed E-state index contributed by atoms with van der Waals surface area (Å²) in [6.45, 7) is 9.61. The molecule has 0 amide bonds. The summed E-state index contributed by atoms with van der Waals surface area (Å²) in [7, 11) is 0. The summed E-state index contributed by atoms with van der Waals surface area (Å²) < 4.78 is 12.1. The van der Waals surface area contributed by atoms with Crippen molar-refractivity contribution >= 4 is 22.2 Å². The maximum Gasteiger partial charge on any atom is 0.209 e. The average molecular weight is 438 g/mol. The number of nitrogens with zero attached hydrogens (tertiary/aromatic N) is 4. The van der Waals surface area contributed by atoms with Crippen molar-refractivity contribution in [1.29, 1.82) is 0 Å². The molecule has 2 aliphatic heterocycles. The molecule has 2 aliphatic rings. The van der Waals surface area contributed by atoms with Crippen LogP contribution >= 0.6 is 11.3 Å². The number of anilines is 2. The highest BCUT2D eigenvalue weighted by Crippen LogP contribution is 2.35. The van der Waals surface area contributed by atoms with E-state index in [4.69, 9.17) is 14.5 Å². The molecule has 0 unspecified atom stereocenters. The van der Waals surface area contributed by atoms with Gasteiger partial charge in [-0.2, -0.15) is 0 Å². The first-order valence-corrected chi connectivity index (χ1v) is 11.5. The number of aromatic nitrogens is 3. The zero-order valence-corrected chi connectivity index (χ0v) is 18.9. The lowest BCUT2D eigenvalue weighted by atomic mass is 10.00.